The molecule has 1 aliphatic carbocycles. The maximum atomic E-state index is 9.20. The predicted octanol–water partition coefficient (Wildman–Crippen LogP) is 2.83. The molecule has 1 fully saturated rings. The summed E-state index contributed by atoms with van der Waals surface area (Å²) in [5, 5.41) is 9.20. The molecule has 4 heteroatoms. The number of aliphatic hydroxyl groups excluding tert-OH is 1. The molecule has 0 aromatic heterocycles. The van der Waals surface area contributed by atoms with Crippen molar-refractivity contribution < 1.29 is 5.11 Å². The van der Waals surface area contributed by atoms with Crippen molar-refractivity contribution in [3.63, 3.8) is 0 Å². The van der Waals surface area contributed by atoms with E-state index < -0.39 is 0 Å². The first-order chi connectivity index (χ1) is 7.13. The fourth-order valence-electron chi connectivity index (χ4n) is 2.32. The lowest BCUT2D eigenvalue weighted by Crippen LogP contribution is -2.40. The van der Waals surface area contributed by atoms with Crippen molar-refractivity contribution in [3.8, 4) is 0 Å². The zero-order valence-corrected chi connectivity index (χ0v) is 11.4. The number of rotatable bonds is 2. The molecule has 0 saturated heterocycles. The van der Waals surface area contributed by atoms with E-state index in [1.807, 2.05) is 0 Å². The molecule has 1 aromatic rings. The van der Waals surface area contributed by atoms with Crippen LogP contribution in [0.4, 0.5) is 0 Å². The average Bonchev–Trinajstić information content (AvgIpc) is 2.63. The summed E-state index contributed by atoms with van der Waals surface area (Å²) in [5.41, 5.74) is 7.04. The van der Waals surface area contributed by atoms with E-state index in [0.29, 0.717) is 5.92 Å². The van der Waals surface area contributed by atoms with Crippen LogP contribution in [0.25, 0.3) is 0 Å². The monoisotopic (exact) mass is 305 g/mol. The lowest BCUT2D eigenvalue weighted by molar-refractivity contribution is 0.198. The van der Waals surface area contributed by atoms with Gasteiger partial charge in [-0.2, -0.15) is 0 Å². The Balaban J connectivity index is 0.00000128. The van der Waals surface area contributed by atoms with Gasteiger partial charge in [-0.3, -0.25) is 0 Å². The molecule has 1 saturated carbocycles. The number of benzene rings is 1. The normalized spacial score (nSPS) is 28.8. The topological polar surface area (TPSA) is 46.2 Å². The smallest absolute Gasteiger partial charge is 0.0611 e. The fourth-order valence-corrected chi connectivity index (χ4v) is 2.58. The Morgan fingerprint density at radius 1 is 1.38 bits per heavy atom. The highest BCUT2D eigenvalue weighted by atomic mass is 79.9. The molecule has 0 amide bonds. The summed E-state index contributed by atoms with van der Waals surface area (Å²) in [6.07, 6.45) is 2.90. The van der Waals surface area contributed by atoms with Gasteiger partial charge in [0.05, 0.1) is 6.61 Å². The number of aliphatic hydroxyl groups is 1. The van der Waals surface area contributed by atoms with Gasteiger partial charge in [-0.15, -0.1) is 12.4 Å². The van der Waals surface area contributed by atoms with E-state index in [0.717, 1.165) is 23.7 Å². The van der Waals surface area contributed by atoms with E-state index in [1.165, 1.54) is 5.56 Å². The minimum atomic E-state index is -0.349. The molecule has 2 rings (SSSR count). The summed E-state index contributed by atoms with van der Waals surface area (Å²) in [4.78, 5) is 0. The summed E-state index contributed by atoms with van der Waals surface area (Å²) >= 11 is 3.43. The molecular formula is C12H17BrClNO. The van der Waals surface area contributed by atoms with Gasteiger partial charge in [0.15, 0.2) is 0 Å². The largest absolute Gasteiger partial charge is 0.394 e. The second-order valence-electron chi connectivity index (χ2n) is 4.51. The van der Waals surface area contributed by atoms with Gasteiger partial charge in [0.2, 0.25) is 0 Å². The number of nitrogens with two attached hydrogens (primary N) is 1. The van der Waals surface area contributed by atoms with Gasteiger partial charge >= 0.3 is 0 Å². The number of halogens is 2. The van der Waals surface area contributed by atoms with Crippen LogP contribution < -0.4 is 5.73 Å². The molecule has 0 aliphatic heterocycles. The van der Waals surface area contributed by atoms with Crippen LogP contribution in [0.2, 0.25) is 0 Å². The SMILES string of the molecule is Cl.N[C@]1(CO)CC[C@H](c2ccc(Br)cc2)C1. The molecule has 0 heterocycles. The van der Waals surface area contributed by atoms with Crippen LogP contribution >= 0.6 is 28.3 Å². The van der Waals surface area contributed by atoms with Gasteiger partial charge in [0, 0.05) is 10.0 Å². The third-order valence-electron chi connectivity index (χ3n) is 3.30. The minimum absolute atomic E-state index is 0. The van der Waals surface area contributed by atoms with E-state index in [-0.39, 0.29) is 24.6 Å². The van der Waals surface area contributed by atoms with Crippen LogP contribution in [0, 0.1) is 0 Å². The average molecular weight is 307 g/mol. The molecule has 0 radical (unpaired) electrons. The second kappa shape index (κ2) is 5.50. The predicted molar refractivity (Wildman–Crippen MR) is 72.0 cm³/mol. The first kappa shape index (κ1) is 14.0. The van der Waals surface area contributed by atoms with Crippen LogP contribution in [0.5, 0.6) is 0 Å². The fraction of sp³-hybridized carbons (Fsp3) is 0.500. The zero-order valence-electron chi connectivity index (χ0n) is 9.03. The van der Waals surface area contributed by atoms with E-state index >= 15 is 0 Å². The van der Waals surface area contributed by atoms with Crippen molar-refractivity contribution in [1.82, 2.24) is 0 Å². The Hall–Kier alpha value is -0.0900. The van der Waals surface area contributed by atoms with Crippen LogP contribution in [0.1, 0.15) is 30.7 Å². The maximum Gasteiger partial charge on any atom is 0.0611 e. The van der Waals surface area contributed by atoms with Gasteiger partial charge in [-0.1, -0.05) is 28.1 Å². The molecule has 2 nitrogen and oxygen atoms in total. The highest BCUT2D eigenvalue weighted by Crippen LogP contribution is 2.39. The summed E-state index contributed by atoms with van der Waals surface area (Å²) in [7, 11) is 0. The van der Waals surface area contributed by atoms with Gasteiger partial charge in [0.25, 0.3) is 0 Å². The maximum absolute atomic E-state index is 9.20. The van der Waals surface area contributed by atoms with E-state index in [4.69, 9.17) is 5.73 Å². The van der Waals surface area contributed by atoms with Crippen molar-refractivity contribution in [2.45, 2.75) is 30.7 Å². The van der Waals surface area contributed by atoms with Crippen molar-refractivity contribution in [2.75, 3.05) is 6.61 Å². The van der Waals surface area contributed by atoms with Gasteiger partial charge in [-0.05, 0) is 42.9 Å². The molecule has 90 valence electrons. The molecule has 1 aromatic carbocycles. The lowest BCUT2D eigenvalue weighted by atomic mass is 9.94. The van der Waals surface area contributed by atoms with Crippen LogP contribution in [-0.4, -0.2) is 17.3 Å². The number of hydrogen-bond acceptors (Lipinski definition) is 2. The molecule has 0 bridgehead atoms. The Morgan fingerprint density at radius 2 is 2.00 bits per heavy atom. The first-order valence-corrected chi connectivity index (χ1v) is 6.07. The highest BCUT2D eigenvalue weighted by molar-refractivity contribution is 9.10. The van der Waals surface area contributed by atoms with E-state index in [1.54, 1.807) is 0 Å². The van der Waals surface area contributed by atoms with E-state index in [2.05, 4.69) is 40.2 Å². The van der Waals surface area contributed by atoms with Gasteiger partial charge in [0.1, 0.15) is 0 Å². The van der Waals surface area contributed by atoms with Crippen LogP contribution in [-0.2, 0) is 0 Å². The molecule has 0 unspecified atom stereocenters. The third-order valence-corrected chi connectivity index (χ3v) is 3.83. The molecular weight excluding hydrogens is 289 g/mol. The van der Waals surface area contributed by atoms with Crippen molar-refractivity contribution in [2.24, 2.45) is 5.73 Å². The van der Waals surface area contributed by atoms with Crippen molar-refractivity contribution in [1.29, 1.82) is 0 Å². The molecule has 2 atom stereocenters. The highest BCUT2D eigenvalue weighted by Gasteiger charge is 2.35. The second-order valence-corrected chi connectivity index (χ2v) is 5.43. The Bertz CT molecular complexity index is 343. The Labute approximate surface area is 111 Å². The summed E-state index contributed by atoms with van der Waals surface area (Å²) in [6, 6.07) is 8.39. The quantitative estimate of drug-likeness (QED) is 0.882. The molecule has 1 aliphatic rings. The number of hydrogen-bond donors (Lipinski definition) is 2. The third kappa shape index (κ3) is 2.98. The Morgan fingerprint density at radius 3 is 2.50 bits per heavy atom. The summed E-state index contributed by atoms with van der Waals surface area (Å²) < 4.78 is 1.10. The van der Waals surface area contributed by atoms with Gasteiger partial charge in [-0.25, -0.2) is 0 Å². The van der Waals surface area contributed by atoms with E-state index in [9.17, 15) is 5.11 Å². The molecule has 0 spiro atoms. The molecule has 3 N–H and O–H groups in total. The van der Waals surface area contributed by atoms with Crippen LogP contribution in [0.3, 0.4) is 0 Å². The van der Waals surface area contributed by atoms with Gasteiger partial charge < -0.3 is 10.8 Å². The standard InChI is InChI=1S/C12H16BrNO.ClH/c13-11-3-1-9(2-4-11)10-5-6-12(14,7-10)8-15;/h1-4,10,15H,5-8,14H2;1H/t10-,12+;/m0./s1. The summed E-state index contributed by atoms with van der Waals surface area (Å²) in [5.74, 6) is 0.509. The van der Waals surface area contributed by atoms with Crippen molar-refractivity contribution >= 4 is 28.3 Å². The minimum Gasteiger partial charge on any atom is -0.394 e. The molecule has 16 heavy (non-hydrogen) atoms. The first-order valence-electron chi connectivity index (χ1n) is 5.28. The Kier molecular flexibility index (Phi) is 4.80. The summed E-state index contributed by atoms with van der Waals surface area (Å²) in [6.45, 7) is 0.0973. The zero-order chi connectivity index (χ0) is 10.9. The van der Waals surface area contributed by atoms with Crippen LogP contribution in [0.15, 0.2) is 28.7 Å². The lowest BCUT2D eigenvalue weighted by Gasteiger charge is -2.20. The van der Waals surface area contributed by atoms with Crippen molar-refractivity contribution in [3.05, 3.63) is 34.3 Å².